The molecule has 5 heteroatoms. The molecular weight excluding hydrogens is 212 g/mol. The second kappa shape index (κ2) is 5.24. The van der Waals surface area contributed by atoms with E-state index in [0.29, 0.717) is 18.1 Å². The van der Waals surface area contributed by atoms with E-state index in [2.05, 4.69) is 4.84 Å². The molecule has 0 fully saturated rings. The Labute approximate surface area is 85.6 Å². The van der Waals surface area contributed by atoms with E-state index < -0.39 is 6.43 Å². The molecule has 0 spiro atoms. The summed E-state index contributed by atoms with van der Waals surface area (Å²) in [4.78, 5) is 4.37. The maximum absolute atomic E-state index is 12.2. The average molecular weight is 222 g/mol. The Bertz CT molecular complexity index is 307. The molecule has 0 heterocycles. The third-order valence-corrected chi connectivity index (χ3v) is 2.17. The van der Waals surface area contributed by atoms with Crippen molar-refractivity contribution in [1.29, 1.82) is 0 Å². The number of alkyl halides is 2. The van der Waals surface area contributed by atoms with Gasteiger partial charge in [0.25, 0.3) is 6.43 Å². The molecule has 1 rings (SSSR count). The summed E-state index contributed by atoms with van der Waals surface area (Å²) in [5, 5.41) is 0.319. The summed E-state index contributed by atoms with van der Waals surface area (Å²) in [6.45, 7) is 0.313. The Hall–Kier alpha value is -0.710. The summed E-state index contributed by atoms with van der Waals surface area (Å²) in [5.74, 6) is 4.84. The fraction of sp³-hybridized carbons (Fsp3) is 0.333. The standard InChI is InChI=1S/C9H10ClF2NO/c10-8-5-7(9(11)12)2-1-6(8)3-4-14-13/h1-2,5,9H,3-4,13H2. The largest absolute Gasteiger partial charge is 0.304 e. The molecule has 0 bridgehead atoms. The zero-order chi connectivity index (χ0) is 10.6. The van der Waals surface area contributed by atoms with Gasteiger partial charge in [-0.2, -0.15) is 0 Å². The fourth-order valence-electron chi connectivity index (χ4n) is 1.07. The van der Waals surface area contributed by atoms with Gasteiger partial charge < -0.3 is 4.84 Å². The Morgan fingerprint density at radius 2 is 2.14 bits per heavy atom. The summed E-state index contributed by atoms with van der Waals surface area (Å²) < 4.78 is 24.5. The summed E-state index contributed by atoms with van der Waals surface area (Å²) in [6.07, 6.45) is -1.98. The van der Waals surface area contributed by atoms with E-state index in [1.807, 2.05) is 0 Å². The third-order valence-electron chi connectivity index (χ3n) is 1.82. The second-order valence-corrected chi connectivity index (χ2v) is 3.18. The Kier molecular flexibility index (Phi) is 4.25. The topological polar surface area (TPSA) is 35.2 Å². The molecule has 14 heavy (non-hydrogen) atoms. The molecule has 0 atom stereocenters. The molecule has 1 aromatic carbocycles. The Morgan fingerprint density at radius 3 is 2.64 bits per heavy atom. The zero-order valence-electron chi connectivity index (χ0n) is 7.34. The molecule has 0 aliphatic heterocycles. The first-order valence-electron chi connectivity index (χ1n) is 4.03. The lowest BCUT2D eigenvalue weighted by Crippen LogP contribution is -2.04. The average Bonchev–Trinajstić information content (AvgIpc) is 2.15. The smallest absolute Gasteiger partial charge is 0.263 e. The summed E-state index contributed by atoms with van der Waals surface area (Å²) in [7, 11) is 0. The first-order valence-corrected chi connectivity index (χ1v) is 4.41. The summed E-state index contributed by atoms with van der Waals surface area (Å²) in [5.41, 5.74) is 0.675. The van der Waals surface area contributed by atoms with Crippen LogP contribution in [0.25, 0.3) is 0 Å². The van der Waals surface area contributed by atoms with E-state index in [0.717, 1.165) is 5.56 Å². The minimum Gasteiger partial charge on any atom is -0.304 e. The van der Waals surface area contributed by atoms with Crippen LogP contribution in [0, 0.1) is 0 Å². The van der Waals surface area contributed by atoms with Gasteiger partial charge in [-0.15, -0.1) is 0 Å². The van der Waals surface area contributed by atoms with Gasteiger partial charge in [0.05, 0.1) is 6.61 Å². The molecule has 2 nitrogen and oxygen atoms in total. The van der Waals surface area contributed by atoms with Crippen molar-refractivity contribution in [3.05, 3.63) is 34.3 Å². The first kappa shape index (κ1) is 11.4. The van der Waals surface area contributed by atoms with Gasteiger partial charge in [0.1, 0.15) is 0 Å². The summed E-state index contributed by atoms with van der Waals surface area (Å²) in [6, 6.07) is 4.17. The maximum atomic E-state index is 12.2. The molecule has 0 radical (unpaired) electrons. The van der Waals surface area contributed by atoms with E-state index in [1.165, 1.54) is 12.1 Å². The lowest BCUT2D eigenvalue weighted by Gasteiger charge is -2.05. The molecule has 0 unspecified atom stereocenters. The highest BCUT2D eigenvalue weighted by molar-refractivity contribution is 6.31. The van der Waals surface area contributed by atoms with Gasteiger partial charge >= 0.3 is 0 Å². The normalized spacial score (nSPS) is 10.9. The fourth-order valence-corrected chi connectivity index (χ4v) is 1.35. The number of rotatable bonds is 4. The lowest BCUT2D eigenvalue weighted by atomic mass is 10.1. The van der Waals surface area contributed by atoms with Crippen molar-refractivity contribution in [1.82, 2.24) is 0 Å². The van der Waals surface area contributed by atoms with Crippen molar-refractivity contribution in [2.75, 3.05) is 6.61 Å². The summed E-state index contributed by atoms with van der Waals surface area (Å²) >= 11 is 5.78. The molecule has 0 aliphatic rings. The monoisotopic (exact) mass is 221 g/mol. The zero-order valence-corrected chi connectivity index (χ0v) is 8.10. The van der Waals surface area contributed by atoms with Crippen LogP contribution in [0.4, 0.5) is 8.78 Å². The molecule has 0 saturated carbocycles. The molecule has 0 aromatic heterocycles. The highest BCUT2D eigenvalue weighted by Gasteiger charge is 2.09. The molecule has 0 amide bonds. The highest BCUT2D eigenvalue weighted by atomic mass is 35.5. The molecular formula is C9H10ClF2NO. The van der Waals surface area contributed by atoms with E-state index in [1.54, 1.807) is 6.07 Å². The molecule has 0 saturated heterocycles. The van der Waals surface area contributed by atoms with Crippen LogP contribution in [0.1, 0.15) is 17.6 Å². The van der Waals surface area contributed by atoms with Crippen LogP contribution in [0.5, 0.6) is 0 Å². The van der Waals surface area contributed by atoms with Gasteiger partial charge in [-0.05, 0) is 18.1 Å². The van der Waals surface area contributed by atoms with Crippen LogP contribution in [0.2, 0.25) is 5.02 Å². The van der Waals surface area contributed by atoms with Crippen molar-refractivity contribution in [2.24, 2.45) is 5.90 Å². The van der Waals surface area contributed by atoms with Gasteiger partial charge in [0.2, 0.25) is 0 Å². The molecule has 0 aliphatic carbocycles. The van der Waals surface area contributed by atoms with E-state index in [-0.39, 0.29) is 5.56 Å². The van der Waals surface area contributed by atoms with E-state index in [4.69, 9.17) is 17.5 Å². The molecule has 2 N–H and O–H groups in total. The maximum Gasteiger partial charge on any atom is 0.263 e. The Balaban J connectivity index is 2.79. The van der Waals surface area contributed by atoms with Gasteiger partial charge in [-0.3, -0.25) is 0 Å². The predicted molar refractivity (Wildman–Crippen MR) is 50.3 cm³/mol. The van der Waals surface area contributed by atoms with Crippen LogP contribution >= 0.6 is 11.6 Å². The number of benzene rings is 1. The van der Waals surface area contributed by atoms with Crippen LogP contribution in [0.3, 0.4) is 0 Å². The Morgan fingerprint density at radius 1 is 1.43 bits per heavy atom. The van der Waals surface area contributed by atoms with Crippen LogP contribution in [-0.4, -0.2) is 6.61 Å². The highest BCUT2D eigenvalue weighted by Crippen LogP contribution is 2.25. The minimum absolute atomic E-state index is 0.0765. The SMILES string of the molecule is NOCCc1ccc(C(F)F)cc1Cl. The molecule has 78 valence electrons. The first-order chi connectivity index (χ1) is 6.65. The van der Waals surface area contributed by atoms with Gasteiger partial charge in [0, 0.05) is 10.6 Å². The van der Waals surface area contributed by atoms with Crippen LogP contribution in [0.15, 0.2) is 18.2 Å². The predicted octanol–water partition coefficient (Wildman–Crippen LogP) is 2.71. The van der Waals surface area contributed by atoms with Crippen molar-refractivity contribution in [3.8, 4) is 0 Å². The van der Waals surface area contributed by atoms with Gasteiger partial charge in [-0.1, -0.05) is 23.7 Å². The second-order valence-electron chi connectivity index (χ2n) is 2.77. The van der Waals surface area contributed by atoms with Crippen LogP contribution in [-0.2, 0) is 11.3 Å². The van der Waals surface area contributed by atoms with Crippen molar-refractivity contribution < 1.29 is 13.6 Å². The van der Waals surface area contributed by atoms with Gasteiger partial charge in [-0.25, -0.2) is 14.7 Å². The van der Waals surface area contributed by atoms with E-state index in [9.17, 15) is 8.78 Å². The minimum atomic E-state index is -2.49. The van der Waals surface area contributed by atoms with Crippen molar-refractivity contribution in [2.45, 2.75) is 12.8 Å². The number of hydrogen-bond donors (Lipinski definition) is 1. The number of nitrogens with two attached hydrogens (primary N) is 1. The lowest BCUT2D eigenvalue weighted by molar-refractivity contribution is 0.141. The number of hydrogen-bond acceptors (Lipinski definition) is 2. The third kappa shape index (κ3) is 2.90. The van der Waals surface area contributed by atoms with Crippen LogP contribution < -0.4 is 5.90 Å². The number of halogens is 3. The van der Waals surface area contributed by atoms with Crippen molar-refractivity contribution >= 4 is 11.6 Å². The van der Waals surface area contributed by atoms with E-state index >= 15 is 0 Å². The van der Waals surface area contributed by atoms with Gasteiger partial charge in [0.15, 0.2) is 0 Å². The molecule has 1 aromatic rings. The van der Waals surface area contributed by atoms with Crippen molar-refractivity contribution in [3.63, 3.8) is 0 Å². The quantitative estimate of drug-likeness (QED) is 0.794.